The second-order valence-corrected chi connectivity index (χ2v) is 5.32. The van der Waals surface area contributed by atoms with Crippen molar-refractivity contribution in [2.24, 2.45) is 17.8 Å². The Balaban J connectivity index is 1.62. The molecule has 0 N–H and O–H groups in total. The van der Waals surface area contributed by atoms with Gasteiger partial charge in [0.1, 0.15) is 0 Å². The van der Waals surface area contributed by atoms with Crippen LogP contribution in [-0.2, 0) is 6.42 Å². The lowest BCUT2D eigenvalue weighted by Crippen LogP contribution is -1.92. The maximum Gasteiger partial charge on any atom is -0.0245 e. The Kier molecular flexibility index (Phi) is 2.52. The van der Waals surface area contributed by atoms with E-state index in [-0.39, 0.29) is 0 Å². The molecule has 2 aliphatic carbocycles. The summed E-state index contributed by atoms with van der Waals surface area (Å²) in [6.45, 7) is 0. The predicted octanol–water partition coefficient (Wildman–Crippen LogP) is 4.06. The molecule has 15 heavy (non-hydrogen) atoms. The molecule has 0 aliphatic heterocycles. The normalized spacial score (nSPS) is 34.3. The minimum atomic E-state index is 1.03. The van der Waals surface area contributed by atoms with Crippen LogP contribution in [0.15, 0.2) is 30.3 Å². The topological polar surface area (TPSA) is 0 Å². The Morgan fingerprint density at radius 2 is 1.53 bits per heavy atom. The zero-order valence-electron chi connectivity index (χ0n) is 9.36. The number of fused-ring (bicyclic) bond motifs is 1. The maximum absolute atomic E-state index is 2.29. The highest BCUT2D eigenvalue weighted by molar-refractivity contribution is 5.18. The highest BCUT2D eigenvalue weighted by Crippen LogP contribution is 2.55. The van der Waals surface area contributed by atoms with E-state index in [1.54, 1.807) is 5.56 Å². The first kappa shape index (κ1) is 9.45. The lowest BCUT2D eigenvalue weighted by molar-refractivity contribution is 0.567. The Hall–Kier alpha value is -0.780. The van der Waals surface area contributed by atoms with Gasteiger partial charge in [-0.05, 0) is 42.6 Å². The average molecular weight is 200 g/mol. The average Bonchev–Trinajstić information content (AvgIpc) is 2.97. The molecule has 2 saturated carbocycles. The second-order valence-electron chi connectivity index (χ2n) is 5.32. The molecule has 0 heteroatoms. The third-order valence-corrected chi connectivity index (χ3v) is 4.40. The van der Waals surface area contributed by atoms with Crippen LogP contribution in [0.25, 0.3) is 0 Å². The van der Waals surface area contributed by atoms with Crippen molar-refractivity contribution in [3.8, 4) is 0 Å². The molecule has 80 valence electrons. The lowest BCUT2D eigenvalue weighted by Gasteiger charge is -2.02. The third kappa shape index (κ3) is 1.95. The fourth-order valence-corrected chi connectivity index (χ4v) is 3.51. The Labute approximate surface area is 92.7 Å². The molecule has 0 saturated heterocycles. The van der Waals surface area contributed by atoms with E-state index in [9.17, 15) is 0 Å². The Bertz CT molecular complexity index is 302. The van der Waals surface area contributed by atoms with Crippen LogP contribution in [0.4, 0.5) is 0 Å². The fourth-order valence-electron chi connectivity index (χ4n) is 3.51. The molecule has 1 aromatic carbocycles. The van der Waals surface area contributed by atoms with Crippen molar-refractivity contribution in [3.05, 3.63) is 35.9 Å². The van der Waals surface area contributed by atoms with Crippen molar-refractivity contribution in [2.45, 2.75) is 38.5 Å². The van der Waals surface area contributed by atoms with Crippen molar-refractivity contribution < 1.29 is 0 Å². The van der Waals surface area contributed by atoms with Crippen molar-refractivity contribution in [2.75, 3.05) is 0 Å². The molecule has 0 radical (unpaired) electrons. The van der Waals surface area contributed by atoms with Gasteiger partial charge < -0.3 is 0 Å². The molecule has 2 aliphatic rings. The van der Waals surface area contributed by atoms with E-state index in [2.05, 4.69) is 30.3 Å². The van der Waals surface area contributed by atoms with Crippen LogP contribution >= 0.6 is 0 Å². The predicted molar refractivity (Wildman–Crippen MR) is 63.7 cm³/mol. The number of hydrogen-bond acceptors (Lipinski definition) is 0. The first-order valence-electron chi connectivity index (χ1n) is 6.49. The van der Waals surface area contributed by atoms with Crippen molar-refractivity contribution in [1.29, 1.82) is 0 Å². The quantitative estimate of drug-likeness (QED) is 0.675. The molecule has 3 rings (SSSR count). The summed E-state index contributed by atoms with van der Waals surface area (Å²) in [4.78, 5) is 0. The summed E-state index contributed by atoms with van der Waals surface area (Å²) in [5, 5.41) is 0. The molecule has 0 aromatic heterocycles. The standard InChI is InChI=1S/C15H20/c1-3-7-12(8-4-1)11-15-13-9-5-2-6-10-14(13)15/h1,3-4,7-8,13-15H,2,5-6,9-11H2/t13-,14+,15?. The van der Waals surface area contributed by atoms with Crippen molar-refractivity contribution in [1.82, 2.24) is 0 Å². The Morgan fingerprint density at radius 3 is 2.20 bits per heavy atom. The first-order chi connectivity index (χ1) is 7.45. The summed E-state index contributed by atoms with van der Waals surface area (Å²) in [7, 11) is 0. The second kappa shape index (κ2) is 4.00. The smallest absolute Gasteiger partial charge is 0.0245 e. The third-order valence-electron chi connectivity index (χ3n) is 4.40. The van der Waals surface area contributed by atoms with Crippen LogP contribution in [0.1, 0.15) is 37.7 Å². The van der Waals surface area contributed by atoms with Crippen LogP contribution < -0.4 is 0 Å². The zero-order chi connectivity index (χ0) is 10.1. The molecule has 2 fully saturated rings. The van der Waals surface area contributed by atoms with Crippen LogP contribution in [0.2, 0.25) is 0 Å². The summed E-state index contributed by atoms with van der Waals surface area (Å²) in [5.74, 6) is 3.22. The monoisotopic (exact) mass is 200 g/mol. The van der Waals surface area contributed by atoms with Crippen LogP contribution in [0.5, 0.6) is 0 Å². The van der Waals surface area contributed by atoms with E-state index in [1.807, 2.05) is 0 Å². The molecule has 0 amide bonds. The van der Waals surface area contributed by atoms with Crippen LogP contribution in [-0.4, -0.2) is 0 Å². The SMILES string of the molecule is c1ccc(CC2[C@H]3CCCCC[C@@H]23)cc1. The summed E-state index contributed by atoms with van der Waals surface area (Å²) in [5.41, 5.74) is 1.55. The van der Waals surface area contributed by atoms with Crippen LogP contribution in [0.3, 0.4) is 0 Å². The van der Waals surface area contributed by atoms with Crippen molar-refractivity contribution in [3.63, 3.8) is 0 Å². The van der Waals surface area contributed by atoms with Gasteiger partial charge in [0.05, 0.1) is 0 Å². The Morgan fingerprint density at radius 1 is 0.867 bits per heavy atom. The molecular formula is C15H20. The molecule has 0 heterocycles. The van der Waals surface area contributed by atoms with Gasteiger partial charge in [-0.15, -0.1) is 0 Å². The van der Waals surface area contributed by atoms with Gasteiger partial charge in [0.25, 0.3) is 0 Å². The molecule has 0 nitrogen and oxygen atoms in total. The first-order valence-corrected chi connectivity index (χ1v) is 6.49. The molecule has 1 aromatic rings. The molecule has 1 unspecified atom stereocenters. The van der Waals surface area contributed by atoms with Gasteiger partial charge in [-0.25, -0.2) is 0 Å². The van der Waals surface area contributed by atoms with Gasteiger partial charge in [0, 0.05) is 0 Å². The van der Waals surface area contributed by atoms with E-state index in [0.717, 1.165) is 17.8 Å². The molecule has 0 bridgehead atoms. The largest absolute Gasteiger partial charge is 0.0622 e. The van der Waals surface area contributed by atoms with Crippen molar-refractivity contribution >= 4 is 0 Å². The van der Waals surface area contributed by atoms with Gasteiger partial charge in [-0.2, -0.15) is 0 Å². The lowest BCUT2D eigenvalue weighted by atomic mass is 10.0. The molecule has 0 spiro atoms. The fraction of sp³-hybridized carbons (Fsp3) is 0.600. The number of benzene rings is 1. The van der Waals surface area contributed by atoms with Gasteiger partial charge in [0.2, 0.25) is 0 Å². The minimum Gasteiger partial charge on any atom is -0.0622 e. The van der Waals surface area contributed by atoms with E-state index >= 15 is 0 Å². The van der Waals surface area contributed by atoms with E-state index in [0.29, 0.717) is 0 Å². The van der Waals surface area contributed by atoms with E-state index < -0.39 is 0 Å². The summed E-state index contributed by atoms with van der Waals surface area (Å²) in [6, 6.07) is 11.0. The van der Waals surface area contributed by atoms with Crippen LogP contribution in [0, 0.1) is 17.8 Å². The zero-order valence-corrected chi connectivity index (χ0v) is 9.36. The van der Waals surface area contributed by atoms with Gasteiger partial charge >= 0.3 is 0 Å². The highest BCUT2D eigenvalue weighted by atomic mass is 14.5. The van der Waals surface area contributed by atoms with E-state index in [1.165, 1.54) is 38.5 Å². The highest BCUT2D eigenvalue weighted by Gasteiger charge is 2.48. The van der Waals surface area contributed by atoms with Gasteiger partial charge in [-0.3, -0.25) is 0 Å². The molecule has 3 atom stereocenters. The van der Waals surface area contributed by atoms with Gasteiger partial charge in [-0.1, -0.05) is 49.6 Å². The van der Waals surface area contributed by atoms with Gasteiger partial charge in [0.15, 0.2) is 0 Å². The summed E-state index contributed by atoms with van der Waals surface area (Å²) in [6.07, 6.45) is 8.85. The van der Waals surface area contributed by atoms with E-state index in [4.69, 9.17) is 0 Å². The maximum atomic E-state index is 2.29. The molecular weight excluding hydrogens is 180 g/mol. The minimum absolute atomic E-state index is 1.03. The summed E-state index contributed by atoms with van der Waals surface area (Å²) < 4.78 is 0. The number of hydrogen-bond donors (Lipinski definition) is 0. The summed E-state index contributed by atoms with van der Waals surface area (Å²) >= 11 is 0. The number of rotatable bonds is 2.